The number of rotatable bonds is 2. The summed E-state index contributed by atoms with van der Waals surface area (Å²) in [6.07, 6.45) is 3.07. The predicted molar refractivity (Wildman–Crippen MR) is 54.4 cm³/mol. The molecule has 0 saturated carbocycles. The van der Waals surface area contributed by atoms with Gasteiger partial charge in [0.15, 0.2) is 0 Å². The molecule has 2 nitrogen and oxygen atoms in total. The molecule has 13 heavy (non-hydrogen) atoms. The number of allylic oxidation sites excluding steroid dienone is 2. The molecule has 0 bridgehead atoms. The van der Waals surface area contributed by atoms with Crippen LogP contribution in [0.5, 0.6) is 0 Å². The molecule has 0 aromatic carbocycles. The van der Waals surface area contributed by atoms with Crippen molar-refractivity contribution in [3.63, 3.8) is 0 Å². The number of hydrogen-bond donors (Lipinski definition) is 1. The number of carbonyl (C=O) groups excluding carboxylic acids is 1. The van der Waals surface area contributed by atoms with E-state index < -0.39 is 0 Å². The third-order valence-corrected chi connectivity index (χ3v) is 2.87. The molecule has 1 unspecified atom stereocenters. The maximum absolute atomic E-state index is 11.5. The highest BCUT2D eigenvalue weighted by molar-refractivity contribution is 5.79. The Bertz CT molecular complexity index is 230. The van der Waals surface area contributed by atoms with Crippen LogP contribution in [0.25, 0.3) is 0 Å². The molecule has 2 heteroatoms. The van der Waals surface area contributed by atoms with Crippen LogP contribution in [0, 0.1) is 5.92 Å². The zero-order chi connectivity index (χ0) is 9.84. The molecule has 0 saturated heterocycles. The Morgan fingerprint density at radius 1 is 1.46 bits per heavy atom. The van der Waals surface area contributed by atoms with Crippen LogP contribution in [0.4, 0.5) is 0 Å². The first-order chi connectivity index (χ1) is 6.15. The Hall–Kier alpha value is -0.790. The van der Waals surface area contributed by atoms with Crippen molar-refractivity contribution in [2.75, 3.05) is 6.54 Å². The predicted octanol–water partition coefficient (Wildman–Crippen LogP) is 2.26. The lowest BCUT2D eigenvalue weighted by Crippen LogP contribution is -2.31. The molecule has 1 rings (SSSR count). The van der Waals surface area contributed by atoms with Crippen LogP contribution in [0.3, 0.4) is 0 Å². The van der Waals surface area contributed by atoms with E-state index in [1.807, 2.05) is 6.92 Å². The Balaban J connectivity index is 2.53. The van der Waals surface area contributed by atoms with Gasteiger partial charge in [-0.25, -0.2) is 0 Å². The number of amides is 1. The van der Waals surface area contributed by atoms with Crippen LogP contribution in [0.15, 0.2) is 11.1 Å². The molecule has 1 amide bonds. The van der Waals surface area contributed by atoms with E-state index in [0.29, 0.717) is 0 Å². The first-order valence-electron chi connectivity index (χ1n) is 5.08. The third-order valence-electron chi connectivity index (χ3n) is 2.87. The van der Waals surface area contributed by atoms with E-state index in [-0.39, 0.29) is 11.8 Å². The monoisotopic (exact) mass is 181 g/mol. The Kier molecular flexibility index (Phi) is 3.52. The zero-order valence-corrected chi connectivity index (χ0v) is 8.81. The summed E-state index contributed by atoms with van der Waals surface area (Å²) in [7, 11) is 0. The lowest BCUT2D eigenvalue weighted by Gasteiger charge is -2.23. The van der Waals surface area contributed by atoms with E-state index >= 15 is 0 Å². The summed E-state index contributed by atoms with van der Waals surface area (Å²) in [5.74, 6) is 0.456. The van der Waals surface area contributed by atoms with Crippen molar-refractivity contribution in [3.8, 4) is 0 Å². The summed E-state index contributed by atoms with van der Waals surface area (Å²) in [6, 6.07) is 0. The van der Waals surface area contributed by atoms with Crippen molar-refractivity contribution in [2.45, 2.75) is 40.0 Å². The van der Waals surface area contributed by atoms with Gasteiger partial charge < -0.3 is 5.32 Å². The van der Waals surface area contributed by atoms with Gasteiger partial charge >= 0.3 is 0 Å². The average Bonchev–Trinajstić information content (AvgIpc) is 2.10. The summed E-state index contributed by atoms with van der Waals surface area (Å²) < 4.78 is 0. The van der Waals surface area contributed by atoms with E-state index in [4.69, 9.17) is 0 Å². The van der Waals surface area contributed by atoms with Crippen LogP contribution in [-0.2, 0) is 4.79 Å². The average molecular weight is 181 g/mol. The van der Waals surface area contributed by atoms with E-state index in [2.05, 4.69) is 19.2 Å². The Morgan fingerprint density at radius 2 is 2.15 bits per heavy atom. The first-order valence-corrected chi connectivity index (χ1v) is 5.08. The third kappa shape index (κ3) is 2.58. The van der Waals surface area contributed by atoms with Crippen molar-refractivity contribution in [1.29, 1.82) is 0 Å². The Morgan fingerprint density at radius 3 is 2.69 bits per heavy atom. The van der Waals surface area contributed by atoms with Gasteiger partial charge in [0.05, 0.1) is 0 Å². The highest BCUT2D eigenvalue weighted by atomic mass is 16.1. The maximum atomic E-state index is 11.5. The quantitative estimate of drug-likeness (QED) is 0.650. The van der Waals surface area contributed by atoms with E-state index in [0.717, 1.165) is 25.8 Å². The van der Waals surface area contributed by atoms with Gasteiger partial charge in [-0.15, -0.1) is 0 Å². The van der Waals surface area contributed by atoms with Gasteiger partial charge in [-0.1, -0.05) is 11.1 Å². The highest BCUT2D eigenvalue weighted by Gasteiger charge is 2.22. The first kappa shape index (κ1) is 10.3. The number of nitrogens with one attached hydrogen (secondary N) is 1. The summed E-state index contributed by atoms with van der Waals surface area (Å²) >= 11 is 0. The topological polar surface area (TPSA) is 29.1 Å². The Labute approximate surface area is 80.4 Å². The second-order valence-electron chi connectivity index (χ2n) is 3.89. The minimum Gasteiger partial charge on any atom is -0.356 e. The molecule has 0 fully saturated rings. The van der Waals surface area contributed by atoms with Gasteiger partial charge in [0, 0.05) is 12.5 Å². The fraction of sp³-hybridized carbons (Fsp3) is 0.727. The second-order valence-corrected chi connectivity index (χ2v) is 3.89. The van der Waals surface area contributed by atoms with Gasteiger partial charge in [0.2, 0.25) is 5.91 Å². The SMILES string of the molecule is CCNC(=O)C1CCC(C)=C(C)C1. The van der Waals surface area contributed by atoms with Gasteiger partial charge in [-0.2, -0.15) is 0 Å². The molecule has 0 heterocycles. The normalized spacial score (nSPS) is 23.2. The second kappa shape index (κ2) is 4.45. The van der Waals surface area contributed by atoms with Crippen molar-refractivity contribution in [3.05, 3.63) is 11.1 Å². The molecule has 0 aliphatic heterocycles. The van der Waals surface area contributed by atoms with E-state index in [1.165, 1.54) is 11.1 Å². The molecule has 1 aliphatic rings. The van der Waals surface area contributed by atoms with Crippen LogP contribution in [0.2, 0.25) is 0 Å². The molecule has 0 spiro atoms. The van der Waals surface area contributed by atoms with E-state index in [1.54, 1.807) is 0 Å². The summed E-state index contributed by atoms with van der Waals surface area (Å²) in [6.45, 7) is 7.02. The van der Waals surface area contributed by atoms with Crippen LogP contribution in [-0.4, -0.2) is 12.5 Å². The van der Waals surface area contributed by atoms with Crippen molar-refractivity contribution >= 4 is 5.91 Å². The lowest BCUT2D eigenvalue weighted by molar-refractivity contribution is -0.125. The molecule has 1 atom stereocenters. The lowest BCUT2D eigenvalue weighted by atomic mass is 9.84. The van der Waals surface area contributed by atoms with Gasteiger partial charge in [0.1, 0.15) is 0 Å². The maximum Gasteiger partial charge on any atom is 0.223 e. The van der Waals surface area contributed by atoms with Crippen molar-refractivity contribution in [1.82, 2.24) is 5.32 Å². The number of hydrogen-bond acceptors (Lipinski definition) is 1. The molecule has 0 aromatic rings. The smallest absolute Gasteiger partial charge is 0.223 e. The van der Waals surface area contributed by atoms with Crippen molar-refractivity contribution < 1.29 is 4.79 Å². The largest absolute Gasteiger partial charge is 0.356 e. The molecule has 0 aromatic heterocycles. The van der Waals surface area contributed by atoms with Crippen LogP contribution < -0.4 is 5.32 Å². The van der Waals surface area contributed by atoms with E-state index in [9.17, 15) is 4.79 Å². The molecule has 1 N–H and O–H groups in total. The summed E-state index contributed by atoms with van der Waals surface area (Å²) in [5.41, 5.74) is 2.88. The molecular formula is C11H19NO. The van der Waals surface area contributed by atoms with Gasteiger partial charge in [0.25, 0.3) is 0 Å². The highest BCUT2D eigenvalue weighted by Crippen LogP contribution is 2.28. The standard InChI is InChI=1S/C11H19NO/c1-4-12-11(13)10-6-5-8(2)9(3)7-10/h10H,4-7H2,1-3H3,(H,12,13). The van der Waals surface area contributed by atoms with Gasteiger partial charge in [-0.05, 0) is 40.0 Å². The molecular weight excluding hydrogens is 162 g/mol. The fourth-order valence-electron chi connectivity index (χ4n) is 1.79. The van der Waals surface area contributed by atoms with Gasteiger partial charge in [-0.3, -0.25) is 4.79 Å². The molecule has 0 radical (unpaired) electrons. The molecule has 1 aliphatic carbocycles. The van der Waals surface area contributed by atoms with Crippen LogP contribution in [0.1, 0.15) is 40.0 Å². The number of carbonyl (C=O) groups is 1. The van der Waals surface area contributed by atoms with Crippen LogP contribution >= 0.6 is 0 Å². The summed E-state index contributed by atoms with van der Waals surface area (Å²) in [4.78, 5) is 11.5. The minimum atomic E-state index is 0.226. The zero-order valence-electron chi connectivity index (χ0n) is 8.81. The molecule has 74 valence electrons. The van der Waals surface area contributed by atoms with Crippen molar-refractivity contribution in [2.24, 2.45) is 5.92 Å². The fourth-order valence-corrected chi connectivity index (χ4v) is 1.79. The summed E-state index contributed by atoms with van der Waals surface area (Å²) in [5, 5.41) is 2.89. The minimum absolute atomic E-state index is 0.226.